The van der Waals surface area contributed by atoms with Crippen LogP contribution in [-0.4, -0.2) is 39.9 Å². The van der Waals surface area contributed by atoms with E-state index in [0.717, 1.165) is 67.3 Å². The highest BCUT2D eigenvalue weighted by Crippen LogP contribution is 2.47. The van der Waals surface area contributed by atoms with Crippen molar-refractivity contribution in [2.75, 3.05) is 35.0 Å². The zero-order valence-electron chi connectivity index (χ0n) is 23.6. The summed E-state index contributed by atoms with van der Waals surface area (Å²) in [6, 6.07) is 21.1. The normalized spacial score (nSPS) is 14.3. The largest absolute Gasteiger partial charge is 0.493 e. The van der Waals surface area contributed by atoms with E-state index in [1.807, 2.05) is 18.2 Å². The third-order valence-electron chi connectivity index (χ3n) is 7.34. The molecule has 1 aliphatic heterocycles. The Morgan fingerprint density at radius 1 is 0.769 bits per heavy atom. The SMILES string of the molecule is COc1ccc(C(C#N)(CCCCCN2Cc3cc(OC)c(OC)cc3C2)Sc2ccc(C)cc2)cc1OC. The number of fused-ring (bicyclic) bond motifs is 1. The Hall–Kier alpha value is -3.34. The van der Waals surface area contributed by atoms with Crippen LogP contribution >= 0.6 is 11.8 Å². The van der Waals surface area contributed by atoms with Crippen molar-refractivity contribution in [3.8, 4) is 29.1 Å². The number of methoxy groups -OCH3 is 4. The Bertz CT molecular complexity index is 1270. The van der Waals surface area contributed by atoms with Gasteiger partial charge in [0.25, 0.3) is 0 Å². The van der Waals surface area contributed by atoms with Gasteiger partial charge in [-0.3, -0.25) is 4.90 Å². The van der Waals surface area contributed by atoms with E-state index in [2.05, 4.69) is 54.3 Å². The molecular weight excluding hydrogens is 508 g/mol. The van der Waals surface area contributed by atoms with Gasteiger partial charge in [-0.15, -0.1) is 0 Å². The molecule has 0 saturated carbocycles. The Balaban J connectivity index is 1.42. The van der Waals surface area contributed by atoms with Crippen LogP contribution in [0.1, 0.15) is 47.9 Å². The molecular formula is C32H38N2O4S. The minimum absolute atomic E-state index is 0.640. The molecule has 39 heavy (non-hydrogen) atoms. The van der Waals surface area contributed by atoms with E-state index in [1.165, 1.54) is 16.7 Å². The van der Waals surface area contributed by atoms with E-state index < -0.39 is 4.75 Å². The first-order chi connectivity index (χ1) is 18.9. The second-order valence-corrected chi connectivity index (χ2v) is 11.3. The van der Waals surface area contributed by atoms with Crippen molar-refractivity contribution in [2.24, 2.45) is 0 Å². The molecule has 4 rings (SSSR count). The van der Waals surface area contributed by atoms with Crippen molar-refractivity contribution in [2.45, 2.75) is 55.3 Å². The highest BCUT2D eigenvalue weighted by molar-refractivity contribution is 8.00. The standard InChI is InChI=1S/C32H38N2O4S/c1-23-9-12-27(13-10-23)39-32(22-33,26-11-14-28(35-2)31(19-26)38-5)15-7-6-8-16-34-20-24-17-29(36-3)30(37-4)18-25(24)21-34/h9-14,17-19H,6-8,15-16,20-21H2,1-5H3. The van der Waals surface area contributed by atoms with Gasteiger partial charge in [0, 0.05) is 18.0 Å². The van der Waals surface area contributed by atoms with Crippen molar-refractivity contribution in [3.63, 3.8) is 0 Å². The molecule has 1 unspecified atom stereocenters. The first-order valence-corrected chi connectivity index (χ1v) is 14.1. The number of benzene rings is 3. The fourth-order valence-corrected chi connectivity index (χ4v) is 6.34. The Morgan fingerprint density at radius 2 is 1.36 bits per heavy atom. The predicted octanol–water partition coefficient (Wildman–Crippen LogP) is 7.12. The van der Waals surface area contributed by atoms with E-state index in [9.17, 15) is 5.26 Å². The highest BCUT2D eigenvalue weighted by Gasteiger charge is 2.34. The highest BCUT2D eigenvalue weighted by atomic mass is 32.2. The second-order valence-electron chi connectivity index (χ2n) is 9.92. The van der Waals surface area contributed by atoms with Crippen LogP contribution in [0.5, 0.6) is 23.0 Å². The molecule has 7 heteroatoms. The Labute approximate surface area is 236 Å². The lowest BCUT2D eigenvalue weighted by atomic mass is 9.93. The number of hydrogen-bond acceptors (Lipinski definition) is 7. The first kappa shape index (κ1) is 28.7. The van der Waals surface area contributed by atoms with Crippen LogP contribution in [0, 0.1) is 18.3 Å². The molecule has 1 heterocycles. The van der Waals surface area contributed by atoms with Crippen molar-refractivity contribution in [3.05, 3.63) is 76.9 Å². The predicted molar refractivity (Wildman–Crippen MR) is 156 cm³/mol. The Kier molecular flexibility index (Phi) is 9.66. The lowest BCUT2D eigenvalue weighted by molar-refractivity contribution is 0.276. The molecule has 0 N–H and O–H groups in total. The van der Waals surface area contributed by atoms with Crippen LogP contribution in [0.4, 0.5) is 0 Å². The third-order valence-corrected chi connectivity index (χ3v) is 8.73. The summed E-state index contributed by atoms with van der Waals surface area (Å²) >= 11 is 1.62. The van der Waals surface area contributed by atoms with E-state index in [0.29, 0.717) is 11.5 Å². The van der Waals surface area contributed by atoms with Crippen molar-refractivity contribution < 1.29 is 18.9 Å². The number of unbranched alkanes of at least 4 members (excludes halogenated alkanes) is 2. The number of ether oxygens (including phenoxy) is 4. The molecule has 0 radical (unpaired) electrons. The molecule has 0 bridgehead atoms. The second kappa shape index (κ2) is 13.1. The summed E-state index contributed by atoms with van der Waals surface area (Å²) in [5.74, 6) is 2.87. The maximum Gasteiger partial charge on any atom is 0.161 e. The minimum atomic E-state index is -0.730. The summed E-state index contributed by atoms with van der Waals surface area (Å²) in [6.07, 6.45) is 3.81. The number of thioether (sulfide) groups is 1. The van der Waals surface area contributed by atoms with Crippen LogP contribution in [0.3, 0.4) is 0 Å². The monoisotopic (exact) mass is 546 g/mol. The number of nitriles is 1. The molecule has 3 aromatic carbocycles. The molecule has 0 fully saturated rings. The molecule has 206 valence electrons. The number of aryl methyl sites for hydroxylation is 1. The van der Waals surface area contributed by atoms with Gasteiger partial charge in [-0.25, -0.2) is 0 Å². The maximum absolute atomic E-state index is 10.6. The summed E-state index contributed by atoms with van der Waals surface area (Å²) in [5.41, 5.74) is 4.75. The Morgan fingerprint density at radius 3 is 1.92 bits per heavy atom. The molecule has 0 amide bonds. The molecule has 1 aliphatic rings. The van der Waals surface area contributed by atoms with Crippen LogP contribution in [0.15, 0.2) is 59.5 Å². The summed E-state index contributed by atoms with van der Waals surface area (Å²) < 4.78 is 21.2. The fourth-order valence-electron chi connectivity index (χ4n) is 5.13. The van der Waals surface area contributed by atoms with E-state index in [-0.39, 0.29) is 0 Å². The van der Waals surface area contributed by atoms with Gasteiger partial charge in [-0.1, -0.05) is 48.4 Å². The molecule has 0 spiro atoms. The van der Waals surface area contributed by atoms with Crippen LogP contribution < -0.4 is 18.9 Å². The van der Waals surface area contributed by atoms with E-state index >= 15 is 0 Å². The summed E-state index contributed by atoms with van der Waals surface area (Å²) in [4.78, 5) is 3.55. The van der Waals surface area contributed by atoms with Gasteiger partial charge >= 0.3 is 0 Å². The number of rotatable bonds is 13. The number of nitrogens with zero attached hydrogens (tertiary/aromatic N) is 2. The molecule has 6 nitrogen and oxygen atoms in total. The van der Waals surface area contributed by atoms with Gasteiger partial charge in [0.1, 0.15) is 4.75 Å². The van der Waals surface area contributed by atoms with E-state index in [1.54, 1.807) is 40.2 Å². The van der Waals surface area contributed by atoms with Gasteiger partial charge in [-0.05, 0) is 79.4 Å². The zero-order chi connectivity index (χ0) is 27.8. The molecule has 0 saturated heterocycles. The van der Waals surface area contributed by atoms with Gasteiger partial charge < -0.3 is 18.9 Å². The molecule has 3 aromatic rings. The smallest absolute Gasteiger partial charge is 0.161 e. The topological polar surface area (TPSA) is 64.0 Å². The summed E-state index contributed by atoms with van der Waals surface area (Å²) in [6.45, 7) is 4.94. The average molecular weight is 547 g/mol. The minimum Gasteiger partial charge on any atom is -0.493 e. The lowest BCUT2D eigenvalue weighted by Crippen LogP contribution is -2.21. The first-order valence-electron chi connectivity index (χ1n) is 13.3. The van der Waals surface area contributed by atoms with Gasteiger partial charge in [0.05, 0.1) is 34.5 Å². The lowest BCUT2D eigenvalue weighted by Gasteiger charge is -2.28. The van der Waals surface area contributed by atoms with Crippen molar-refractivity contribution in [1.82, 2.24) is 4.90 Å². The van der Waals surface area contributed by atoms with Crippen LogP contribution in [0.25, 0.3) is 0 Å². The zero-order valence-corrected chi connectivity index (χ0v) is 24.4. The number of hydrogen-bond donors (Lipinski definition) is 0. The van der Waals surface area contributed by atoms with E-state index in [4.69, 9.17) is 18.9 Å². The van der Waals surface area contributed by atoms with Crippen molar-refractivity contribution >= 4 is 11.8 Å². The van der Waals surface area contributed by atoms with Gasteiger partial charge in [-0.2, -0.15) is 5.26 Å². The summed E-state index contributed by atoms with van der Waals surface area (Å²) in [5, 5.41) is 10.6. The van der Waals surface area contributed by atoms with Crippen LogP contribution in [0.2, 0.25) is 0 Å². The van der Waals surface area contributed by atoms with Gasteiger partial charge in [0.15, 0.2) is 23.0 Å². The van der Waals surface area contributed by atoms with Gasteiger partial charge in [0.2, 0.25) is 0 Å². The maximum atomic E-state index is 10.6. The fraction of sp³-hybridized carbons (Fsp3) is 0.406. The van der Waals surface area contributed by atoms with Crippen molar-refractivity contribution in [1.29, 1.82) is 5.26 Å². The average Bonchev–Trinajstić information content (AvgIpc) is 3.37. The molecule has 0 aliphatic carbocycles. The molecule has 1 atom stereocenters. The quantitative estimate of drug-likeness (QED) is 0.167. The summed E-state index contributed by atoms with van der Waals surface area (Å²) in [7, 11) is 6.61. The third kappa shape index (κ3) is 6.63. The van der Waals surface area contributed by atoms with Crippen LogP contribution in [-0.2, 0) is 17.8 Å². The molecule has 0 aromatic heterocycles.